The molecule has 0 spiro atoms. The molecule has 0 aromatic heterocycles. The molecule has 0 amide bonds. The third-order valence-electron chi connectivity index (χ3n) is 2.68. The van der Waals surface area contributed by atoms with Crippen LogP contribution >= 0.6 is 0 Å². The Labute approximate surface area is 66.2 Å². The molecule has 2 rings (SSSR count). The lowest BCUT2D eigenvalue weighted by Gasteiger charge is -2.18. The van der Waals surface area contributed by atoms with Gasteiger partial charge < -0.3 is 4.74 Å². The monoisotopic (exact) mass is 152 g/mol. The van der Waals surface area contributed by atoms with Crippen molar-refractivity contribution in [1.29, 1.82) is 0 Å². The zero-order chi connectivity index (χ0) is 7.84. The Balaban J connectivity index is 2.21. The van der Waals surface area contributed by atoms with Crippen LogP contribution in [0.4, 0.5) is 0 Å². The number of hydrogen-bond donors (Lipinski definition) is 0. The Morgan fingerprint density at radius 1 is 1.64 bits per heavy atom. The Bertz CT molecular complexity index is 208. The van der Waals surface area contributed by atoms with Crippen LogP contribution in [0.15, 0.2) is 12.2 Å². The number of carbonyl (C=O) groups excluding carboxylic acids is 1. The van der Waals surface area contributed by atoms with Gasteiger partial charge in [-0.2, -0.15) is 0 Å². The van der Waals surface area contributed by atoms with E-state index in [-0.39, 0.29) is 18.0 Å². The number of carbonyl (C=O) groups is 1. The largest absolute Gasteiger partial charge is 0.458 e. The molecule has 1 fully saturated rings. The van der Waals surface area contributed by atoms with E-state index in [1.54, 1.807) is 0 Å². The van der Waals surface area contributed by atoms with Gasteiger partial charge in [-0.15, -0.1) is 0 Å². The first kappa shape index (κ1) is 6.89. The second-order valence-electron chi connectivity index (χ2n) is 3.36. The van der Waals surface area contributed by atoms with Gasteiger partial charge >= 0.3 is 5.97 Å². The predicted molar refractivity (Wildman–Crippen MR) is 40.9 cm³/mol. The van der Waals surface area contributed by atoms with Gasteiger partial charge in [-0.25, -0.2) is 0 Å². The highest BCUT2D eigenvalue weighted by Crippen LogP contribution is 2.35. The summed E-state index contributed by atoms with van der Waals surface area (Å²) in [6, 6.07) is 0. The van der Waals surface area contributed by atoms with E-state index in [2.05, 4.69) is 6.08 Å². The smallest absolute Gasteiger partial charge is 0.309 e. The molecular formula is C9H12O2. The van der Waals surface area contributed by atoms with E-state index in [1.807, 2.05) is 13.0 Å². The summed E-state index contributed by atoms with van der Waals surface area (Å²) in [5, 5.41) is 0. The van der Waals surface area contributed by atoms with Gasteiger partial charge in [0.1, 0.15) is 6.10 Å². The van der Waals surface area contributed by atoms with Crippen LogP contribution in [-0.2, 0) is 9.53 Å². The Kier molecular flexibility index (Phi) is 1.48. The van der Waals surface area contributed by atoms with Crippen molar-refractivity contribution < 1.29 is 9.53 Å². The maximum atomic E-state index is 11.1. The molecule has 0 unspecified atom stereocenters. The molecule has 1 saturated heterocycles. The van der Waals surface area contributed by atoms with Crippen LogP contribution < -0.4 is 0 Å². The third-order valence-corrected chi connectivity index (χ3v) is 2.68. The molecule has 3 atom stereocenters. The summed E-state index contributed by atoms with van der Waals surface area (Å²) < 4.78 is 5.15. The number of allylic oxidation sites excluding steroid dienone is 1. The highest BCUT2D eigenvalue weighted by Gasteiger charge is 2.40. The maximum Gasteiger partial charge on any atom is 0.309 e. The van der Waals surface area contributed by atoms with Crippen molar-refractivity contribution in [2.45, 2.75) is 25.9 Å². The molecule has 2 heteroatoms. The van der Waals surface area contributed by atoms with Gasteiger partial charge in [0.05, 0.1) is 5.92 Å². The number of fused-ring (bicyclic) bond motifs is 1. The molecule has 2 aliphatic rings. The minimum atomic E-state index is -0.0217. The Hall–Kier alpha value is -0.790. The van der Waals surface area contributed by atoms with Crippen molar-refractivity contribution in [3.8, 4) is 0 Å². The molecule has 2 nitrogen and oxygen atoms in total. The second-order valence-corrected chi connectivity index (χ2v) is 3.36. The average Bonchev–Trinajstić information content (AvgIpc) is 2.30. The van der Waals surface area contributed by atoms with Crippen LogP contribution in [0.25, 0.3) is 0 Å². The van der Waals surface area contributed by atoms with E-state index in [9.17, 15) is 4.79 Å². The topological polar surface area (TPSA) is 26.3 Å². The SMILES string of the molecule is C[C@@H]1C(=O)O[C@H]2C=CCC[C@@H]21. The van der Waals surface area contributed by atoms with Crippen molar-refractivity contribution in [3.63, 3.8) is 0 Å². The van der Waals surface area contributed by atoms with Crippen molar-refractivity contribution in [3.05, 3.63) is 12.2 Å². The van der Waals surface area contributed by atoms with E-state index in [1.165, 1.54) is 0 Å². The maximum absolute atomic E-state index is 11.1. The van der Waals surface area contributed by atoms with Crippen LogP contribution in [0.3, 0.4) is 0 Å². The third kappa shape index (κ3) is 0.971. The predicted octanol–water partition coefficient (Wildman–Crippen LogP) is 1.51. The van der Waals surface area contributed by atoms with Crippen LogP contribution in [-0.4, -0.2) is 12.1 Å². The summed E-state index contributed by atoms with van der Waals surface area (Å²) in [5.41, 5.74) is 0. The number of ether oxygens (including phenoxy) is 1. The fraction of sp³-hybridized carbons (Fsp3) is 0.667. The zero-order valence-corrected chi connectivity index (χ0v) is 6.62. The van der Waals surface area contributed by atoms with Crippen LogP contribution in [0.2, 0.25) is 0 Å². The fourth-order valence-electron chi connectivity index (χ4n) is 1.90. The summed E-state index contributed by atoms with van der Waals surface area (Å²) >= 11 is 0. The molecule has 60 valence electrons. The van der Waals surface area contributed by atoms with E-state index in [4.69, 9.17) is 4.74 Å². The first-order valence-corrected chi connectivity index (χ1v) is 4.16. The molecule has 1 aliphatic heterocycles. The number of esters is 1. The molecule has 1 heterocycles. The van der Waals surface area contributed by atoms with E-state index < -0.39 is 0 Å². The number of hydrogen-bond acceptors (Lipinski definition) is 2. The molecule has 11 heavy (non-hydrogen) atoms. The molecular weight excluding hydrogens is 140 g/mol. The molecule has 0 N–H and O–H groups in total. The highest BCUT2D eigenvalue weighted by atomic mass is 16.6. The van der Waals surface area contributed by atoms with E-state index in [0.717, 1.165) is 12.8 Å². The van der Waals surface area contributed by atoms with Crippen LogP contribution in [0, 0.1) is 11.8 Å². The summed E-state index contributed by atoms with van der Waals surface area (Å²) in [7, 11) is 0. The minimum absolute atomic E-state index is 0.0217. The summed E-state index contributed by atoms with van der Waals surface area (Å²) in [6.07, 6.45) is 6.42. The van der Waals surface area contributed by atoms with Crippen LogP contribution in [0.5, 0.6) is 0 Å². The van der Waals surface area contributed by atoms with E-state index >= 15 is 0 Å². The average molecular weight is 152 g/mol. The standard InChI is InChI=1S/C9H12O2/c1-6-7-4-2-3-5-8(7)11-9(6)10/h3,5-8H,2,4H2,1H3/t6-,7+,8-/m0/s1. The van der Waals surface area contributed by atoms with Crippen molar-refractivity contribution in [1.82, 2.24) is 0 Å². The normalized spacial score (nSPS) is 41.9. The lowest BCUT2D eigenvalue weighted by molar-refractivity contribution is -0.142. The van der Waals surface area contributed by atoms with Crippen molar-refractivity contribution in [2.24, 2.45) is 11.8 Å². The molecule has 0 bridgehead atoms. The van der Waals surface area contributed by atoms with E-state index in [0.29, 0.717) is 5.92 Å². The Morgan fingerprint density at radius 3 is 3.18 bits per heavy atom. The minimum Gasteiger partial charge on any atom is -0.458 e. The zero-order valence-electron chi connectivity index (χ0n) is 6.62. The van der Waals surface area contributed by atoms with Crippen molar-refractivity contribution in [2.75, 3.05) is 0 Å². The van der Waals surface area contributed by atoms with Gasteiger partial charge in [0.25, 0.3) is 0 Å². The molecule has 0 aromatic carbocycles. The fourth-order valence-corrected chi connectivity index (χ4v) is 1.90. The lowest BCUT2D eigenvalue weighted by atomic mass is 9.84. The molecule has 0 saturated carbocycles. The first-order valence-electron chi connectivity index (χ1n) is 4.16. The summed E-state index contributed by atoms with van der Waals surface area (Å²) in [4.78, 5) is 11.1. The lowest BCUT2D eigenvalue weighted by Crippen LogP contribution is -2.19. The second kappa shape index (κ2) is 2.36. The summed E-state index contributed by atoms with van der Waals surface area (Å²) in [6.45, 7) is 1.96. The first-order chi connectivity index (χ1) is 5.29. The highest BCUT2D eigenvalue weighted by molar-refractivity contribution is 5.75. The van der Waals surface area contributed by atoms with Gasteiger partial charge in [-0.1, -0.05) is 13.0 Å². The van der Waals surface area contributed by atoms with Gasteiger partial charge in [0, 0.05) is 5.92 Å². The molecule has 1 aliphatic carbocycles. The quantitative estimate of drug-likeness (QED) is 0.388. The Morgan fingerprint density at radius 2 is 2.45 bits per heavy atom. The van der Waals surface area contributed by atoms with Crippen molar-refractivity contribution >= 4 is 5.97 Å². The summed E-state index contributed by atoms with van der Waals surface area (Å²) in [5.74, 6) is 0.545. The van der Waals surface area contributed by atoms with Gasteiger partial charge in [0.2, 0.25) is 0 Å². The van der Waals surface area contributed by atoms with Gasteiger partial charge in [-0.3, -0.25) is 4.79 Å². The molecule has 0 radical (unpaired) electrons. The van der Waals surface area contributed by atoms with Gasteiger partial charge in [0.15, 0.2) is 0 Å². The van der Waals surface area contributed by atoms with Crippen LogP contribution in [0.1, 0.15) is 19.8 Å². The van der Waals surface area contributed by atoms with Gasteiger partial charge in [-0.05, 0) is 18.9 Å². The number of rotatable bonds is 0. The molecule has 0 aromatic rings.